The van der Waals surface area contributed by atoms with Crippen LogP contribution in [-0.2, 0) is 9.59 Å². The molecule has 0 aliphatic rings. The van der Waals surface area contributed by atoms with Crippen LogP contribution in [0.25, 0.3) is 0 Å². The number of ether oxygens (including phenoxy) is 2. The van der Waals surface area contributed by atoms with Gasteiger partial charge in [-0.05, 0) is 39.3 Å². The third-order valence-corrected chi connectivity index (χ3v) is 2.95. The van der Waals surface area contributed by atoms with Crippen molar-refractivity contribution in [3.05, 3.63) is 24.3 Å². The molecule has 6 nitrogen and oxygen atoms in total. The van der Waals surface area contributed by atoms with Gasteiger partial charge in [-0.15, -0.1) is 0 Å². The lowest BCUT2D eigenvalue weighted by Gasteiger charge is -2.25. The number of carbonyl (C=O) groups is 2. The molecule has 0 spiro atoms. The predicted molar refractivity (Wildman–Crippen MR) is 82.2 cm³/mol. The summed E-state index contributed by atoms with van der Waals surface area (Å²) in [4.78, 5) is 22.5. The van der Waals surface area contributed by atoms with Crippen molar-refractivity contribution in [3.8, 4) is 11.5 Å². The van der Waals surface area contributed by atoms with E-state index in [2.05, 4.69) is 5.32 Å². The van der Waals surface area contributed by atoms with E-state index >= 15 is 0 Å². The van der Waals surface area contributed by atoms with E-state index in [1.807, 2.05) is 13.0 Å². The number of hydrogen-bond donors (Lipinski definition) is 2. The minimum absolute atomic E-state index is 0.00130. The van der Waals surface area contributed by atoms with Crippen molar-refractivity contribution >= 4 is 11.9 Å². The summed E-state index contributed by atoms with van der Waals surface area (Å²) in [5.41, 5.74) is -0.599. The van der Waals surface area contributed by atoms with Crippen LogP contribution >= 0.6 is 0 Å². The van der Waals surface area contributed by atoms with Crippen LogP contribution in [0, 0.1) is 0 Å². The van der Waals surface area contributed by atoms with Crippen LogP contribution in [0.1, 0.15) is 33.6 Å². The summed E-state index contributed by atoms with van der Waals surface area (Å²) in [5.74, 6) is -0.100. The van der Waals surface area contributed by atoms with E-state index in [1.165, 1.54) is 0 Å². The van der Waals surface area contributed by atoms with Gasteiger partial charge in [0.25, 0.3) is 5.91 Å². The molecule has 2 N–H and O–H groups in total. The van der Waals surface area contributed by atoms with Crippen molar-refractivity contribution in [1.82, 2.24) is 5.32 Å². The fourth-order valence-corrected chi connectivity index (χ4v) is 1.88. The first-order valence-electron chi connectivity index (χ1n) is 7.21. The minimum Gasteiger partial charge on any atom is -0.490 e. The third-order valence-electron chi connectivity index (χ3n) is 2.95. The fraction of sp³-hybridized carbons (Fsp3) is 0.500. The number of amides is 1. The first-order valence-corrected chi connectivity index (χ1v) is 7.21. The molecule has 0 aliphatic heterocycles. The first kappa shape index (κ1) is 17.8. The maximum Gasteiger partial charge on any atom is 0.303 e. The second-order valence-electron chi connectivity index (χ2n) is 5.49. The highest BCUT2D eigenvalue weighted by atomic mass is 16.5. The van der Waals surface area contributed by atoms with E-state index in [9.17, 15) is 9.59 Å². The van der Waals surface area contributed by atoms with Gasteiger partial charge in [-0.3, -0.25) is 9.59 Å². The van der Waals surface area contributed by atoms with Gasteiger partial charge in [-0.1, -0.05) is 12.1 Å². The molecule has 0 unspecified atom stereocenters. The lowest BCUT2D eigenvalue weighted by molar-refractivity contribution is -0.138. The Hall–Kier alpha value is -2.24. The Balaban J connectivity index is 2.51. The van der Waals surface area contributed by atoms with Crippen molar-refractivity contribution in [2.45, 2.75) is 39.2 Å². The van der Waals surface area contributed by atoms with Gasteiger partial charge in [-0.25, -0.2) is 0 Å². The van der Waals surface area contributed by atoms with Crippen molar-refractivity contribution in [2.24, 2.45) is 0 Å². The van der Waals surface area contributed by atoms with E-state index in [1.54, 1.807) is 32.0 Å². The molecule has 6 heteroatoms. The van der Waals surface area contributed by atoms with Crippen LogP contribution in [0.4, 0.5) is 0 Å². The molecule has 0 saturated heterocycles. The summed E-state index contributed by atoms with van der Waals surface area (Å²) in [6, 6.07) is 7.13. The van der Waals surface area contributed by atoms with Crippen molar-refractivity contribution in [2.75, 3.05) is 13.2 Å². The zero-order valence-corrected chi connectivity index (χ0v) is 13.2. The minimum atomic E-state index is -0.885. The smallest absolute Gasteiger partial charge is 0.303 e. The molecule has 0 heterocycles. The molecule has 22 heavy (non-hydrogen) atoms. The monoisotopic (exact) mass is 309 g/mol. The summed E-state index contributed by atoms with van der Waals surface area (Å²) in [6.07, 6.45) is 0.352. The second kappa shape index (κ2) is 8.26. The van der Waals surface area contributed by atoms with E-state index in [4.69, 9.17) is 14.6 Å². The van der Waals surface area contributed by atoms with Gasteiger partial charge >= 0.3 is 5.97 Å². The number of carbonyl (C=O) groups excluding carboxylic acids is 1. The molecule has 1 rings (SSSR count). The fourth-order valence-electron chi connectivity index (χ4n) is 1.88. The van der Waals surface area contributed by atoms with Gasteiger partial charge in [0.1, 0.15) is 0 Å². The van der Waals surface area contributed by atoms with Gasteiger partial charge in [0.2, 0.25) is 0 Å². The van der Waals surface area contributed by atoms with Crippen LogP contribution < -0.4 is 14.8 Å². The zero-order chi connectivity index (χ0) is 16.6. The van der Waals surface area contributed by atoms with Crippen molar-refractivity contribution < 1.29 is 24.2 Å². The highest BCUT2D eigenvalue weighted by Crippen LogP contribution is 2.26. The number of aliphatic carboxylic acids is 1. The molecule has 0 radical (unpaired) electrons. The number of hydrogen-bond acceptors (Lipinski definition) is 4. The topological polar surface area (TPSA) is 84.9 Å². The predicted octanol–water partition coefficient (Wildman–Crippen LogP) is 2.22. The van der Waals surface area contributed by atoms with E-state index < -0.39 is 11.5 Å². The lowest BCUT2D eigenvalue weighted by atomic mass is 9.98. The molecule has 0 aromatic heterocycles. The Morgan fingerprint density at radius 1 is 1.18 bits per heavy atom. The number of carboxylic acid groups (broad SMARTS) is 1. The summed E-state index contributed by atoms with van der Waals surface area (Å²) >= 11 is 0. The van der Waals surface area contributed by atoms with E-state index in [0.717, 1.165) is 0 Å². The highest BCUT2D eigenvalue weighted by molar-refractivity contribution is 5.78. The van der Waals surface area contributed by atoms with E-state index in [0.29, 0.717) is 24.5 Å². The van der Waals surface area contributed by atoms with Crippen LogP contribution in [0.3, 0.4) is 0 Å². The SMILES string of the molecule is CCOc1ccccc1OCC(=O)NC(C)(C)CCC(=O)O. The average molecular weight is 309 g/mol. The van der Waals surface area contributed by atoms with Crippen LogP contribution in [0.2, 0.25) is 0 Å². The highest BCUT2D eigenvalue weighted by Gasteiger charge is 2.21. The standard InChI is InChI=1S/C16H23NO5/c1-4-21-12-7-5-6-8-13(12)22-11-14(18)17-16(2,3)10-9-15(19)20/h5-8H,4,9-11H2,1-3H3,(H,17,18)(H,19,20). The Morgan fingerprint density at radius 3 is 2.32 bits per heavy atom. The Bertz CT molecular complexity index is 513. The maximum atomic E-state index is 11.9. The van der Waals surface area contributed by atoms with Gasteiger partial charge < -0.3 is 19.9 Å². The molecule has 0 atom stereocenters. The third kappa shape index (κ3) is 6.47. The first-order chi connectivity index (χ1) is 10.3. The summed E-state index contributed by atoms with van der Waals surface area (Å²) in [6.45, 7) is 5.79. The largest absolute Gasteiger partial charge is 0.490 e. The van der Waals surface area contributed by atoms with Crippen molar-refractivity contribution in [3.63, 3.8) is 0 Å². The van der Waals surface area contributed by atoms with Gasteiger partial charge in [-0.2, -0.15) is 0 Å². The molecule has 122 valence electrons. The molecule has 1 aromatic rings. The molecule has 0 aliphatic carbocycles. The lowest BCUT2D eigenvalue weighted by Crippen LogP contribution is -2.45. The number of carboxylic acids is 1. The van der Waals surface area contributed by atoms with Crippen molar-refractivity contribution in [1.29, 1.82) is 0 Å². The Kier molecular flexibility index (Phi) is 6.69. The molecule has 1 aromatic carbocycles. The molecule has 1 amide bonds. The quantitative estimate of drug-likeness (QED) is 0.730. The number of rotatable bonds is 9. The second-order valence-corrected chi connectivity index (χ2v) is 5.49. The molecular weight excluding hydrogens is 286 g/mol. The molecule has 0 saturated carbocycles. The molecule has 0 bridgehead atoms. The number of para-hydroxylation sites is 2. The normalized spacial score (nSPS) is 10.9. The molecular formula is C16H23NO5. The van der Waals surface area contributed by atoms with Crippen LogP contribution in [0.5, 0.6) is 11.5 Å². The van der Waals surface area contributed by atoms with Gasteiger partial charge in [0.15, 0.2) is 18.1 Å². The zero-order valence-electron chi connectivity index (χ0n) is 13.2. The van der Waals surface area contributed by atoms with E-state index in [-0.39, 0.29) is 18.9 Å². The summed E-state index contributed by atoms with van der Waals surface area (Å²) in [7, 11) is 0. The summed E-state index contributed by atoms with van der Waals surface area (Å²) < 4.78 is 10.9. The van der Waals surface area contributed by atoms with Gasteiger partial charge in [0, 0.05) is 12.0 Å². The maximum absolute atomic E-state index is 11.9. The van der Waals surface area contributed by atoms with Crippen LogP contribution in [0.15, 0.2) is 24.3 Å². The summed E-state index contributed by atoms with van der Waals surface area (Å²) in [5, 5.41) is 11.5. The number of nitrogens with one attached hydrogen (secondary N) is 1. The number of benzene rings is 1. The Morgan fingerprint density at radius 2 is 1.77 bits per heavy atom. The Labute approximate surface area is 130 Å². The average Bonchev–Trinajstić information content (AvgIpc) is 2.44. The molecule has 0 fully saturated rings. The van der Waals surface area contributed by atoms with Crippen LogP contribution in [-0.4, -0.2) is 35.7 Å². The van der Waals surface area contributed by atoms with Gasteiger partial charge in [0.05, 0.1) is 6.61 Å².